The van der Waals surface area contributed by atoms with Gasteiger partial charge in [0, 0.05) is 18.9 Å². The van der Waals surface area contributed by atoms with Crippen LogP contribution in [-0.2, 0) is 16.1 Å². The predicted octanol–water partition coefficient (Wildman–Crippen LogP) is 3.42. The summed E-state index contributed by atoms with van der Waals surface area (Å²) >= 11 is 12.1. The van der Waals surface area contributed by atoms with Crippen molar-refractivity contribution < 1.29 is 9.59 Å². The van der Waals surface area contributed by atoms with E-state index in [2.05, 4.69) is 15.6 Å². The monoisotopic (exact) mass is 363 g/mol. The number of hydrogen-bond donors (Lipinski definition) is 2. The highest BCUT2D eigenvalue weighted by atomic mass is 35.5. The van der Waals surface area contributed by atoms with E-state index < -0.39 is 5.41 Å². The Morgan fingerprint density at radius 3 is 2.25 bits per heavy atom. The lowest BCUT2D eigenvalue weighted by molar-refractivity contribution is -0.134. The number of nitrogens with zero attached hydrogens (tertiary/aromatic N) is 1. The van der Waals surface area contributed by atoms with Crippen LogP contribution >= 0.6 is 23.2 Å². The Morgan fingerprint density at radius 2 is 1.67 bits per heavy atom. The van der Waals surface area contributed by atoms with E-state index in [0.717, 1.165) is 5.56 Å². The minimum atomic E-state index is -1.05. The van der Waals surface area contributed by atoms with Crippen LogP contribution in [0.1, 0.15) is 18.4 Å². The second-order valence-electron chi connectivity index (χ2n) is 5.67. The molecule has 1 aliphatic rings. The minimum absolute atomic E-state index is 0.292. The number of carbonyl (C=O) groups is 2. The quantitative estimate of drug-likeness (QED) is 0.799. The van der Waals surface area contributed by atoms with Crippen LogP contribution in [0.15, 0.2) is 42.7 Å². The van der Waals surface area contributed by atoms with E-state index >= 15 is 0 Å². The second kappa shape index (κ2) is 6.79. The molecule has 7 heteroatoms. The Morgan fingerprint density at radius 1 is 1.04 bits per heavy atom. The molecule has 0 radical (unpaired) electrons. The molecule has 0 aliphatic heterocycles. The van der Waals surface area contributed by atoms with Crippen molar-refractivity contribution in [3.8, 4) is 0 Å². The fourth-order valence-corrected chi connectivity index (χ4v) is 2.88. The van der Waals surface area contributed by atoms with Crippen LogP contribution in [0, 0.1) is 5.41 Å². The van der Waals surface area contributed by atoms with Crippen LogP contribution in [0.2, 0.25) is 10.0 Å². The van der Waals surface area contributed by atoms with Gasteiger partial charge in [-0.25, -0.2) is 0 Å². The van der Waals surface area contributed by atoms with Crippen molar-refractivity contribution in [3.05, 3.63) is 58.3 Å². The van der Waals surface area contributed by atoms with E-state index in [0.29, 0.717) is 35.1 Å². The zero-order valence-corrected chi connectivity index (χ0v) is 14.2. The number of benzene rings is 1. The first-order chi connectivity index (χ1) is 11.5. The van der Waals surface area contributed by atoms with Crippen LogP contribution in [-0.4, -0.2) is 16.8 Å². The molecule has 3 rings (SSSR count). The summed E-state index contributed by atoms with van der Waals surface area (Å²) in [5.74, 6) is -0.676. The van der Waals surface area contributed by atoms with Gasteiger partial charge in [-0.2, -0.15) is 0 Å². The lowest BCUT2D eigenvalue weighted by atomic mass is 10.0. The first-order valence-corrected chi connectivity index (χ1v) is 8.21. The lowest BCUT2D eigenvalue weighted by Crippen LogP contribution is -2.39. The molecule has 0 spiro atoms. The second-order valence-corrected chi connectivity index (χ2v) is 6.49. The summed E-state index contributed by atoms with van der Waals surface area (Å²) in [5, 5.41) is 6.16. The van der Waals surface area contributed by atoms with Crippen LogP contribution in [0.25, 0.3) is 0 Å². The Labute approximate surface area is 149 Å². The topological polar surface area (TPSA) is 71.1 Å². The summed E-state index contributed by atoms with van der Waals surface area (Å²) in [5.41, 5.74) is 0.206. The van der Waals surface area contributed by atoms with Gasteiger partial charge in [-0.3, -0.25) is 14.6 Å². The first kappa shape index (κ1) is 16.7. The number of nitrogens with one attached hydrogen (secondary N) is 2. The molecule has 5 nitrogen and oxygen atoms in total. The molecule has 2 aromatic rings. The minimum Gasteiger partial charge on any atom is -0.351 e. The van der Waals surface area contributed by atoms with Gasteiger partial charge in [0.2, 0.25) is 11.8 Å². The van der Waals surface area contributed by atoms with E-state index in [4.69, 9.17) is 23.2 Å². The first-order valence-electron chi connectivity index (χ1n) is 7.45. The number of anilines is 1. The van der Waals surface area contributed by atoms with Crippen molar-refractivity contribution in [3.63, 3.8) is 0 Å². The molecule has 1 aliphatic carbocycles. The van der Waals surface area contributed by atoms with Gasteiger partial charge in [-0.1, -0.05) is 29.3 Å². The van der Waals surface area contributed by atoms with Gasteiger partial charge in [0.05, 0.1) is 15.7 Å². The largest absolute Gasteiger partial charge is 0.351 e. The molecule has 2 amide bonds. The molecular weight excluding hydrogens is 349 g/mol. The molecule has 0 bridgehead atoms. The van der Waals surface area contributed by atoms with E-state index in [-0.39, 0.29) is 11.8 Å². The highest BCUT2D eigenvalue weighted by molar-refractivity contribution is 6.40. The number of amides is 2. The molecule has 0 unspecified atom stereocenters. The number of aromatic nitrogens is 1. The standard InChI is InChI=1S/C17H15Cl2N3O2/c18-12-2-1-3-13(19)14(12)22-16(24)17(6-7-17)15(23)21-10-11-4-8-20-9-5-11/h1-5,8-9H,6-7,10H2,(H,21,23)(H,22,24). The highest BCUT2D eigenvalue weighted by Gasteiger charge is 2.56. The van der Waals surface area contributed by atoms with Crippen LogP contribution < -0.4 is 10.6 Å². The Balaban J connectivity index is 1.67. The van der Waals surface area contributed by atoms with Crippen molar-refractivity contribution in [2.24, 2.45) is 5.41 Å². The summed E-state index contributed by atoms with van der Waals surface area (Å²) in [6, 6.07) is 8.57. The summed E-state index contributed by atoms with van der Waals surface area (Å²) < 4.78 is 0. The molecule has 1 fully saturated rings. The van der Waals surface area contributed by atoms with Crippen molar-refractivity contribution in [1.29, 1.82) is 0 Å². The van der Waals surface area contributed by atoms with Gasteiger partial charge in [0.25, 0.3) is 0 Å². The number of hydrogen-bond acceptors (Lipinski definition) is 3. The Kier molecular flexibility index (Phi) is 4.73. The Bertz CT molecular complexity index is 756. The molecular formula is C17H15Cl2N3O2. The number of halogens is 2. The van der Waals surface area contributed by atoms with Crippen molar-refractivity contribution in [2.75, 3.05) is 5.32 Å². The van der Waals surface area contributed by atoms with E-state index in [1.54, 1.807) is 30.6 Å². The third-order valence-electron chi connectivity index (χ3n) is 4.02. The smallest absolute Gasteiger partial charge is 0.240 e. The van der Waals surface area contributed by atoms with Crippen LogP contribution in [0.5, 0.6) is 0 Å². The van der Waals surface area contributed by atoms with Crippen molar-refractivity contribution in [2.45, 2.75) is 19.4 Å². The molecule has 0 atom stereocenters. The molecule has 1 aromatic heterocycles. The summed E-state index contributed by atoms with van der Waals surface area (Å²) in [6.45, 7) is 0.350. The van der Waals surface area contributed by atoms with Crippen molar-refractivity contribution >= 4 is 40.7 Å². The van der Waals surface area contributed by atoms with Gasteiger partial charge in [-0.05, 0) is 42.7 Å². The average molecular weight is 364 g/mol. The van der Waals surface area contributed by atoms with Gasteiger partial charge in [0.1, 0.15) is 5.41 Å². The maximum absolute atomic E-state index is 12.6. The van der Waals surface area contributed by atoms with Crippen LogP contribution in [0.4, 0.5) is 5.69 Å². The molecule has 24 heavy (non-hydrogen) atoms. The van der Waals surface area contributed by atoms with Gasteiger partial charge in [-0.15, -0.1) is 0 Å². The normalized spacial score (nSPS) is 14.8. The summed E-state index contributed by atoms with van der Waals surface area (Å²) in [4.78, 5) is 28.9. The third-order valence-corrected chi connectivity index (χ3v) is 4.65. The molecule has 1 saturated carbocycles. The molecule has 0 saturated heterocycles. The summed E-state index contributed by atoms with van der Waals surface area (Å²) in [7, 11) is 0. The average Bonchev–Trinajstić information content (AvgIpc) is 3.39. The van der Waals surface area contributed by atoms with E-state index in [1.807, 2.05) is 12.1 Å². The molecule has 1 aromatic carbocycles. The zero-order valence-electron chi connectivity index (χ0n) is 12.7. The highest BCUT2D eigenvalue weighted by Crippen LogP contribution is 2.47. The fraction of sp³-hybridized carbons (Fsp3) is 0.235. The predicted molar refractivity (Wildman–Crippen MR) is 92.8 cm³/mol. The third kappa shape index (κ3) is 3.37. The maximum Gasteiger partial charge on any atom is 0.240 e. The maximum atomic E-state index is 12.6. The van der Waals surface area contributed by atoms with Gasteiger partial charge < -0.3 is 10.6 Å². The van der Waals surface area contributed by atoms with E-state index in [1.165, 1.54) is 0 Å². The number of pyridine rings is 1. The van der Waals surface area contributed by atoms with Gasteiger partial charge in [0.15, 0.2) is 0 Å². The molecule has 1 heterocycles. The number of rotatable bonds is 5. The molecule has 2 N–H and O–H groups in total. The zero-order chi connectivity index (χ0) is 17.2. The Hall–Kier alpha value is -2.11. The number of para-hydroxylation sites is 1. The number of carbonyl (C=O) groups excluding carboxylic acids is 2. The fourth-order valence-electron chi connectivity index (χ4n) is 2.38. The van der Waals surface area contributed by atoms with E-state index in [9.17, 15) is 9.59 Å². The summed E-state index contributed by atoms with van der Waals surface area (Å²) in [6.07, 6.45) is 4.31. The SMILES string of the molecule is O=C(NCc1ccncc1)C1(C(=O)Nc2c(Cl)cccc2Cl)CC1. The van der Waals surface area contributed by atoms with Crippen molar-refractivity contribution in [1.82, 2.24) is 10.3 Å². The molecule has 124 valence electrons. The van der Waals surface area contributed by atoms with Crippen LogP contribution in [0.3, 0.4) is 0 Å². The lowest BCUT2D eigenvalue weighted by Gasteiger charge is -2.16. The van der Waals surface area contributed by atoms with Gasteiger partial charge >= 0.3 is 0 Å².